The molecule has 0 saturated heterocycles. The van der Waals surface area contributed by atoms with Crippen molar-refractivity contribution in [3.8, 4) is 0 Å². The Balaban J connectivity index is 2.19. The quantitative estimate of drug-likeness (QED) is 0.880. The van der Waals surface area contributed by atoms with Gasteiger partial charge in [-0.15, -0.1) is 0 Å². The van der Waals surface area contributed by atoms with Crippen LogP contribution in [0.1, 0.15) is 42.1 Å². The molecule has 0 radical (unpaired) electrons. The van der Waals surface area contributed by atoms with Crippen LogP contribution in [-0.4, -0.2) is 14.4 Å². The van der Waals surface area contributed by atoms with Crippen molar-refractivity contribution < 1.29 is 18.3 Å². The van der Waals surface area contributed by atoms with Crippen LogP contribution in [0.5, 0.6) is 0 Å². The van der Waals surface area contributed by atoms with E-state index in [9.17, 15) is 18.3 Å². The molecule has 0 aliphatic rings. The number of rotatable bonds is 6. The molecular formula is C17H18NO4S-. The van der Waals surface area contributed by atoms with Crippen LogP contribution in [0, 0.1) is 0 Å². The summed E-state index contributed by atoms with van der Waals surface area (Å²) in [6.45, 7) is 4.20. The average molecular weight is 332 g/mol. The third-order valence-electron chi connectivity index (χ3n) is 3.74. The Morgan fingerprint density at radius 3 is 2.13 bits per heavy atom. The minimum Gasteiger partial charge on any atom is -0.545 e. The van der Waals surface area contributed by atoms with E-state index in [1.54, 1.807) is 12.1 Å². The summed E-state index contributed by atoms with van der Waals surface area (Å²) >= 11 is 0. The Morgan fingerprint density at radius 2 is 1.65 bits per heavy atom. The maximum absolute atomic E-state index is 12.3. The number of hydrogen-bond acceptors (Lipinski definition) is 4. The maximum atomic E-state index is 12.3. The van der Waals surface area contributed by atoms with E-state index in [1.807, 2.05) is 12.1 Å². The molecule has 0 unspecified atom stereocenters. The van der Waals surface area contributed by atoms with Crippen LogP contribution in [-0.2, 0) is 10.0 Å². The Kier molecular flexibility index (Phi) is 5.05. The Labute approximate surface area is 136 Å². The molecular weight excluding hydrogens is 314 g/mol. The van der Waals surface area contributed by atoms with Gasteiger partial charge in [0.1, 0.15) is 0 Å². The van der Waals surface area contributed by atoms with Crippen molar-refractivity contribution in [2.45, 2.75) is 31.1 Å². The molecule has 2 rings (SSSR count). The van der Waals surface area contributed by atoms with Crippen molar-refractivity contribution in [1.29, 1.82) is 0 Å². The van der Waals surface area contributed by atoms with E-state index >= 15 is 0 Å². The number of benzene rings is 2. The highest BCUT2D eigenvalue weighted by Crippen LogP contribution is 2.22. The van der Waals surface area contributed by atoms with Gasteiger partial charge >= 0.3 is 0 Å². The van der Waals surface area contributed by atoms with Crippen LogP contribution in [0.2, 0.25) is 0 Å². The number of anilines is 1. The number of carbonyl (C=O) groups is 1. The van der Waals surface area contributed by atoms with Crippen molar-refractivity contribution in [1.82, 2.24) is 0 Å². The molecule has 1 N–H and O–H groups in total. The van der Waals surface area contributed by atoms with Gasteiger partial charge in [0.15, 0.2) is 0 Å². The molecule has 2 aromatic rings. The lowest BCUT2D eigenvalue weighted by Crippen LogP contribution is -2.22. The lowest BCUT2D eigenvalue weighted by molar-refractivity contribution is -0.255. The van der Waals surface area contributed by atoms with E-state index in [-0.39, 0.29) is 10.5 Å². The summed E-state index contributed by atoms with van der Waals surface area (Å²) in [5, 5.41) is 10.7. The number of aromatic carboxylic acids is 1. The number of hydrogen-bond donors (Lipinski definition) is 1. The van der Waals surface area contributed by atoms with Crippen LogP contribution in [0.3, 0.4) is 0 Å². The molecule has 0 spiro atoms. The summed E-state index contributed by atoms with van der Waals surface area (Å²) in [6, 6.07) is 12.1. The predicted molar refractivity (Wildman–Crippen MR) is 86.7 cm³/mol. The van der Waals surface area contributed by atoms with Gasteiger partial charge in [0.25, 0.3) is 10.0 Å². The predicted octanol–water partition coefficient (Wildman–Crippen LogP) is 2.36. The van der Waals surface area contributed by atoms with Crippen LogP contribution >= 0.6 is 0 Å². The summed E-state index contributed by atoms with van der Waals surface area (Å²) in [4.78, 5) is 10.7. The topological polar surface area (TPSA) is 86.3 Å². The second-order valence-electron chi connectivity index (χ2n) is 5.35. The third kappa shape index (κ3) is 4.10. The molecule has 2 aromatic carbocycles. The van der Waals surface area contributed by atoms with Crippen molar-refractivity contribution in [3.63, 3.8) is 0 Å². The van der Waals surface area contributed by atoms with Crippen LogP contribution in [0.25, 0.3) is 0 Å². The van der Waals surface area contributed by atoms with Gasteiger partial charge in [0.2, 0.25) is 0 Å². The van der Waals surface area contributed by atoms with E-state index in [0.29, 0.717) is 11.6 Å². The number of sulfonamides is 1. The first-order valence-electron chi connectivity index (χ1n) is 7.27. The fraction of sp³-hybridized carbons (Fsp3) is 0.235. The van der Waals surface area contributed by atoms with Gasteiger partial charge in [-0.05, 0) is 47.7 Å². The highest BCUT2D eigenvalue weighted by molar-refractivity contribution is 7.92. The summed E-state index contributed by atoms with van der Waals surface area (Å²) in [6.07, 6.45) is 1.01. The SMILES string of the molecule is CC[C@H](C)c1ccc(NS(=O)(=O)c2ccc(C(=O)[O-])cc2)cc1. The molecule has 23 heavy (non-hydrogen) atoms. The summed E-state index contributed by atoms with van der Waals surface area (Å²) in [7, 11) is -3.76. The minimum atomic E-state index is -3.76. The second-order valence-corrected chi connectivity index (χ2v) is 7.03. The zero-order valence-electron chi connectivity index (χ0n) is 12.9. The lowest BCUT2D eigenvalue weighted by Gasteiger charge is -2.12. The zero-order chi connectivity index (χ0) is 17.0. The summed E-state index contributed by atoms with van der Waals surface area (Å²) in [5.41, 5.74) is 1.54. The first-order chi connectivity index (χ1) is 10.8. The first kappa shape index (κ1) is 17.0. The van der Waals surface area contributed by atoms with Gasteiger partial charge in [-0.2, -0.15) is 0 Å². The standard InChI is InChI=1S/C17H19NO4S/c1-3-12(2)13-4-8-15(9-5-13)18-23(21,22)16-10-6-14(7-11-16)17(19)20/h4-12,18H,3H2,1-2H3,(H,19,20)/p-1/t12-/m0/s1. The molecule has 6 heteroatoms. The number of carboxylic acids is 1. The molecule has 1 atom stereocenters. The molecule has 0 heterocycles. The fourth-order valence-corrected chi connectivity index (χ4v) is 3.16. The summed E-state index contributed by atoms with van der Waals surface area (Å²) < 4.78 is 27.0. The number of carboxylic acid groups (broad SMARTS) is 1. The molecule has 0 fully saturated rings. The van der Waals surface area contributed by atoms with Gasteiger partial charge < -0.3 is 9.90 Å². The van der Waals surface area contributed by atoms with E-state index in [0.717, 1.165) is 12.0 Å². The fourth-order valence-electron chi connectivity index (χ4n) is 2.10. The molecule has 0 aromatic heterocycles. The Bertz CT molecular complexity index is 780. The third-order valence-corrected chi connectivity index (χ3v) is 5.14. The number of nitrogens with one attached hydrogen (secondary N) is 1. The minimum absolute atomic E-state index is 0.00602. The Morgan fingerprint density at radius 1 is 1.09 bits per heavy atom. The van der Waals surface area contributed by atoms with E-state index in [4.69, 9.17) is 0 Å². The largest absolute Gasteiger partial charge is 0.545 e. The second kappa shape index (κ2) is 6.83. The normalized spacial score (nSPS) is 12.6. The maximum Gasteiger partial charge on any atom is 0.261 e. The molecule has 0 aliphatic heterocycles. The highest BCUT2D eigenvalue weighted by atomic mass is 32.2. The van der Waals surface area contributed by atoms with Crippen LogP contribution in [0.4, 0.5) is 5.69 Å². The molecule has 0 aliphatic carbocycles. The van der Waals surface area contributed by atoms with E-state index in [2.05, 4.69) is 18.6 Å². The summed E-state index contributed by atoms with van der Waals surface area (Å²) in [5.74, 6) is -0.930. The van der Waals surface area contributed by atoms with Gasteiger partial charge in [-0.3, -0.25) is 4.72 Å². The molecule has 0 amide bonds. The zero-order valence-corrected chi connectivity index (χ0v) is 13.8. The van der Waals surface area contributed by atoms with Crippen LogP contribution < -0.4 is 9.83 Å². The van der Waals surface area contributed by atoms with Crippen molar-refractivity contribution in [2.75, 3.05) is 4.72 Å². The van der Waals surface area contributed by atoms with E-state index in [1.165, 1.54) is 24.3 Å². The monoisotopic (exact) mass is 332 g/mol. The highest BCUT2D eigenvalue weighted by Gasteiger charge is 2.14. The molecule has 0 bridgehead atoms. The van der Waals surface area contributed by atoms with Gasteiger partial charge in [-0.25, -0.2) is 8.42 Å². The molecule has 0 saturated carbocycles. The van der Waals surface area contributed by atoms with Crippen molar-refractivity contribution >= 4 is 21.7 Å². The van der Waals surface area contributed by atoms with Crippen LogP contribution in [0.15, 0.2) is 53.4 Å². The smallest absolute Gasteiger partial charge is 0.261 e. The average Bonchev–Trinajstić information content (AvgIpc) is 2.54. The first-order valence-corrected chi connectivity index (χ1v) is 8.76. The lowest BCUT2D eigenvalue weighted by atomic mass is 9.99. The van der Waals surface area contributed by atoms with Gasteiger partial charge in [0, 0.05) is 5.69 Å². The van der Waals surface area contributed by atoms with Crippen molar-refractivity contribution in [2.24, 2.45) is 0 Å². The molecule has 122 valence electrons. The number of carbonyl (C=O) groups excluding carboxylic acids is 1. The van der Waals surface area contributed by atoms with E-state index < -0.39 is 16.0 Å². The van der Waals surface area contributed by atoms with Crippen molar-refractivity contribution in [3.05, 3.63) is 59.7 Å². The molecule has 5 nitrogen and oxygen atoms in total. The Hall–Kier alpha value is -2.34. The van der Waals surface area contributed by atoms with Gasteiger partial charge in [-0.1, -0.05) is 38.1 Å². The van der Waals surface area contributed by atoms with Gasteiger partial charge in [0.05, 0.1) is 10.9 Å².